The molecule has 0 fully saturated rings. The molecule has 0 radical (unpaired) electrons. The molecule has 0 aliphatic carbocycles. The molecular formula is CH5KLiN. The Morgan fingerprint density at radius 2 is 1.25 bits per heavy atom. The van der Waals surface area contributed by atoms with E-state index < -0.39 is 0 Å². The summed E-state index contributed by atoms with van der Waals surface area (Å²) in [5.41, 5.74) is 5.75. The molecule has 0 aliphatic heterocycles. The van der Waals surface area contributed by atoms with Gasteiger partial charge in [0.1, 0.15) is 0 Å². The van der Waals surface area contributed by atoms with Crippen molar-refractivity contribution in [2.24, 2.45) is 0 Å². The van der Waals surface area contributed by atoms with Crippen molar-refractivity contribution in [3.8, 4) is 0 Å². The van der Waals surface area contributed by atoms with Gasteiger partial charge in [-0.15, -0.1) is 0 Å². The first kappa shape index (κ1) is 16.4. The van der Waals surface area contributed by atoms with Gasteiger partial charge in [-0.1, -0.05) is 0 Å². The Hall–Kier alpha value is 2.19. The Morgan fingerprint density at radius 1 is 1.25 bits per heavy atom. The third-order valence-electron chi connectivity index (χ3n) is 0. The second-order valence-electron chi connectivity index (χ2n) is 0. The topological polar surface area (TPSA) is 23.8 Å². The molecule has 0 heterocycles. The molecule has 0 saturated heterocycles. The van der Waals surface area contributed by atoms with E-state index in [2.05, 4.69) is 0 Å². The van der Waals surface area contributed by atoms with Crippen molar-refractivity contribution in [3.05, 3.63) is 5.73 Å². The van der Waals surface area contributed by atoms with Crippen LogP contribution in [-0.4, -0.2) is 58.4 Å². The monoisotopic (exact) mass is 77.0 g/mol. The molecule has 0 amide bonds. The van der Waals surface area contributed by atoms with Gasteiger partial charge in [0.25, 0.3) is 0 Å². The molecular weight excluding hydrogens is 72.1 g/mol. The van der Waals surface area contributed by atoms with E-state index in [1.54, 1.807) is 0 Å². The smallest absolute Gasteiger partial charge is 1.00 e. The molecule has 1 N–H and O–H groups in total. The van der Waals surface area contributed by atoms with Crippen LogP contribution in [0.5, 0.6) is 0 Å². The van der Waals surface area contributed by atoms with Crippen molar-refractivity contribution < 1.29 is 18.9 Å². The molecule has 0 atom stereocenters. The summed E-state index contributed by atoms with van der Waals surface area (Å²) in [4.78, 5) is 0. The van der Waals surface area contributed by atoms with Crippen LogP contribution < -0.4 is 18.9 Å². The zero-order valence-corrected chi connectivity index (χ0v) is 2.50. The van der Waals surface area contributed by atoms with Gasteiger partial charge in [-0.05, 0) is 0 Å². The van der Waals surface area contributed by atoms with E-state index >= 15 is 0 Å². The Balaban J connectivity index is -0.00000000500. The van der Waals surface area contributed by atoms with Gasteiger partial charge in [-0.3, -0.25) is 0 Å². The van der Waals surface area contributed by atoms with Crippen molar-refractivity contribution in [2.45, 2.75) is 0 Å². The third-order valence-corrected chi connectivity index (χ3v) is 0. The molecule has 3 heteroatoms. The summed E-state index contributed by atoms with van der Waals surface area (Å²) >= 11 is 0. The first-order valence-corrected chi connectivity index (χ1v) is 0.500. The summed E-state index contributed by atoms with van der Waals surface area (Å²) < 4.78 is 0. The largest absolute Gasteiger partial charge is 1.00 e. The maximum atomic E-state index is 5.75. The van der Waals surface area contributed by atoms with Crippen molar-refractivity contribution in [1.82, 2.24) is 0 Å². The zero-order valence-electron chi connectivity index (χ0n) is 2.50. The number of hydrogen-bond donors (Lipinski definition) is 0. The van der Waals surface area contributed by atoms with Gasteiger partial charge in [0.2, 0.25) is 0 Å². The summed E-state index contributed by atoms with van der Waals surface area (Å²) in [5.74, 6) is 0. The number of nitrogens with one attached hydrogen (secondary N) is 1. The Bertz CT molecular complexity index is 8.00. The van der Waals surface area contributed by atoms with Crippen LogP contribution in [0.3, 0.4) is 0 Å². The molecule has 0 aromatic carbocycles. The molecule has 4 heavy (non-hydrogen) atoms. The second kappa shape index (κ2) is 19.0. The summed E-state index contributed by atoms with van der Waals surface area (Å²) in [6, 6.07) is 0. The molecule has 0 unspecified atom stereocenters. The molecule has 0 aromatic rings. The average Bonchev–Trinajstić information content (AvgIpc) is 1.00. The molecule has 0 aromatic heterocycles. The summed E-state index contributed by atoms with van der Waals surface area (Å²) in [5, 5.41) is 0. The molecule has 0 aliphatic rings. The quantitative estimate of drug-likeness (QED) is 0.276. The number of hydrogen-bond acceptors (Lipinski definition) is 0. The minimum Gasteiger partial charge on any atom is 1.00 e. The van der Waals surface area contributed by atoms with Crippen LogP contribution in [0.15, 0.2) is 0 Å². The second-order valence-corrected chi connectivity index (χ2v) is 0. The minimum atomic E-state index is 0. The van der Waals surface area contributed by atoms with E-state index in [0.29, 0.717) is 0 Å². The third kappa shape index (κ3) is 8.89. The maximum Gasteiger partial charge on any atom is 1.00 e. The first-order chi connectivity index (χ1) is 1.00. The molecule has 0 bridgehead atoms. The van der Waals surface area contributed by atoms with E-state index in [-0.39, 0.29) is 70.2 Å². The van der Waals surface area contributed by atoms with E-state index in [1.165, 1.54) is 7.05 Å². The van der Waals surface area contributed by atoms with Crippen LogP contribution in [-0.2, 0) is 0 Å². The van der Waals surface area contributed by atoms with E-state index in [9.17, 15) is 0 Å². The van der Waals surface area contributed by atoms with Crippen LogP contribution in [0.2, 0.25) is 0 Å². The molecule has 16 valence electrons. The first-order valence-electron chi connectivity index (χ1n) is 0.500. The fourth-order valence-corrected chi connectivity index (χ4v) is 0. The van der Waals surface area contributed by atoms with Crippen molar-refractivity contribution in [2.75, 3.05) is 7.05 Å². The minimum absolute atomic E-state index is 0. The van der Waals surface area contributed by atoms with Gasteiger partial charge in [0.05, 0.1) is 0 Å². The maximum absolute atomic E-state index is 5.75. The van der Waals surface area contributed by atoms with Crippen molar-refractivity contribution >= 4 is 51.4 Å². The molecule has 0 rings (SSSR count). The zero-order chi connectivity index (χ0) is 2.00. The summed E-state index contributed by atoms with van der Waals surface area (Å²) in [7, 11) is 1.25. The van der Waals surface area contributed by atoms with Gasteiger partial charge in [0, 0.05) is 0 Å². The van der Waals surface area contributed by atoms with Crippen LogP contribution in [0, 0.1) is 0 Å². The molecule has 1 nitrogen and oxygen atoms in total. The van der Waals surface area contributed by atoms with Crippen LogP contribution in [0.1, 0.15) is 0 Å². The van der Waals surface area contributed by atoms with Gasteiger partial charge in [-0.2, -0.15) is 7.05 Å². The fourth-order valence-electron chi connectivity index (χ4n) is 0. The standard InChI is InChI=1S/CH4N.K.Li.H/c1-2;;;/h2H,1H3;;;/q-1;;+1;. The van der Waals surface area contributed by atoms with E-state index in [4.69, 9.17) is 5.73 Å². The number of rotatable bonds is 0. The van der Waals surface area contributed by atoms with E-state index in [1.807, 2.05) is 0 Å². The molecule has 0 saturated carbocycles. The predicted molar refractivity (Wildman–Crippen MR) is 17.4 cm³/mol. The van der Waals surface area contributed by atoms with Gasteiger partial charge in [0.15, 0.2) is 0 Å². The predicted octanol–water partition coefficient (Wildman–Crippen LogP) is -2.98. The van der Waals surface area contributed by atoms with Gasteiger partial charge in [-0.25, -0.2) is 0 Å². The Kier molecular flexibility index (Phi) is 77.7. The van der Waals surface area contributed by atoms with E-state index in [0.717, 1.165) is 0 Å². The van der Waals surface area contributed by atoms with Gasteiger partial charge < -0.3 is 5.73 Å². The van der Waals surface area contributed by atoms with Gasteiger partial charge >= 0.3 is 70.2 Å². The molecule has 0 spiro atoms. The van der Waals surface area contributed by atoms with Crippen LogP contribution in [0.25, 0.3) is 5.73 Å². The van der Waals surface area contributed by atoms with Crippen LogP contribution >= 0.6 is 0 Å². The normalized spacial score (nSPS) is 1.50. The Morgan fingerprint density at radius 3 is 1.25 bits per heavy atom. The van der Waals surface area contributed by atoms with Crippen LogP contribution in [0.4, 0.5) is 0 Å². The summed E-state index contributed by atoms with van der Waals surface area (Å²) in [6.07, 6.45) is 0. The van der Waals surface area contributed by atoms with Crippen molar-refractivity contribution in [1.29, 1.82) is 0 Å². The SMILES string of the molecule is C[NH-].[KH].[Li+]. The Labute approximate surface area is 81.3 Å². The summed E-state index contributed by atoms with van der Waals surface area (Å²) in [6.45, 7) is 0. The van der Waals surface area contributed by atoms with Crippen molar-refractivity contribution in [3.63, 3.8) is 0 Å². The average molecular weight is 77.1 g/mol. The fraction of sp³-hybridized carbons (Fsp3) is 1.00.